The van der Waals surface area contributed by atoms with Crippen molar-refractivity contribution in [2.45, 2.75) is 26.7 Å². The summed E-state index contributed by atoms with van der Waals surface area (Å²) in [5, 5.41) is 0.561. The Morgan fingerprint density at radius 2 is 2.13 bits per heavy atom. The van der Waals surface area contributed by atoms with E-state index in [9.17, 15) is 4.79 Å². The van der Waals surface area contributed by atoms with Crippen LogP contribution in [0.25, 0.3) is 0 Å². The molecule has 0 bridgehead atoms. The number of aryl methyl sites for hydroxylation is 1. The maximum Gasteiger partial charge on any atom is 0.168 e. The van der Waals surface area contributed by atoms with Crippen LogP contribution in [0.1, 0.15) is 35.7 Å². The van der Waals surface area contributed by atoms with Crippen LogP contribution in [0.5, 0.6) is 0 Å². The molecule has 1 aromatic carbocycles. The molecule has 0 heterocycles. The standard InChI is InChI=1S/C13H15ClO/c1-4-9(2)8-12(15)11-7-5-6-10(3)13(11)14/h5-7H,2,4,8H2,1,3H3. The van der Waals surface area contributed by atoms with Crippen molar-refractivity contribution < 1.29 is 4.79 Å². The summed E-state index contributed by atoms with van der Waals surface area (Å²) in [5.41, 5.74) is 2.48. The predicted molar refractivity (Wildman–Crippen MR) is 64.6 cm³/mol. The van der Waals surface area contributed by atoms with Gasteiger partial charge < -0.3 is 0 Å². The summed E-state index contributed by atoms with van der Waals surface area (Å²) in [6.07, 6.45) is 1.22. The van der Waals surface area contributed by atoms with E-state index in [1.165, 1.54) is 0 Å². The molecular weight excluding hydrogens is 208 g/mol. The van der Waals surface area contributed by atoms with E-state index in [0.29, 0.717) is 17.0 Å². The van der Waals surface area contributed by atoms with E-state index in [-0.39, 0.29) is 5.78 Å². The molecule has 0 aliphatic heterocycles. The molecule has 1 nitrogen and oxygen atoms in total. The van der Waals surface area contributed by atoms with Gasteiger partial charge in [0.2, 0.25) is 0 Å². The normalized spacial score (nSPS) is 10.1. The van der Waals surface area contributed by atoms with Crippen LogP contribution >= 0.6 is 11.6 Å². The van der Waals surface area contributed by atoms with Crippen molar-refractivity contribution in [2.24, 2.45) is 0 Å². The van der Waals surface area contributed by atoms with Crippen LogP contribution in [-0.2, 0) is 0 Å². The zero-order valence-electron chi connectivity index (χ0n) is 9.14. The first-order valence-corrected chi connectivity index (χ1v) is 5.39. The van der Waals surface area contributed by atoms with Crippen LogP contribution < -0.4 is 0 Å². The number of rotatable bonds is 4. The van der Waals surface area contributed by atoms with Gasteiger partial charge in [-0.1, -0.05) is 42.8 Å². The maximum atomic E-state index is 11.8. The second kappa shape index (κ2) is 5.13. The van der Waals surface area contributed by atoms with Gasteiger partial charge in [-0.15, -0.1) is 0 Å². The summed E-state index contributed by atoms with van der Waals surface area (Å²) in [6, 6.07) is 5.51. The highest BCUT2D eigenvalue weighted by molar-refractivity contribution is 6.34. The molecular formula is C13H15ClO. The van der Waals surface area contributed by atoms with Gasteiger partial charge in [-0.3, -0.25) is 4.79 Å². The highest BCUT2D eigenvalue weighted by Gasteiger charge is 2.11. The average Bonchev–Trinajstić information content (AvgIpc) is 2.21. The number of Topliss-reactive ketones (excluding diaryl/α,β-unsaturated/α-hetero) is 1. The van der Waals surface area contributed by atoms with Crippen molar-refractivity contribution in [2.75, 3.05) is 0 Å². The van der Waals surface area contributed by atoms with Crippen LogP contribution in [-0.4, -0.2) is 5.78 Å². The van der Waals surface area contributed by atoms with E-state index in [1.807, 2.05) is 26.0 Å². The molecule has 0 aliphatic carbocycles. The molecule has 2 heteroatoms. The predicted octanol–water partition coefficient (Wildman–Crippen LogP) is 4.19. The van der Waals surface area contributed by atoms with Gasteiger partial charge >= 0.3 is 0 Å². The van der Waals surface area contributed by atoms with E-state index in [4.69, 9.17) is 11.6 Å². The SMILES string of the molecule is C=C(CC)CC(=O)c1cccc(C)c1Cl. The fraction of sp³-hybridized carbons (Fsp3) is 0.308. The Morgan fingerprint density at radius 1 is 1.47 bits per heavy atom. The van der Waals surface area contributed by atoms with Gasteiger partial charge in [0, 0.05) is 12.0 Å². The lowest BCUT2D eigenvalue weighted by atomic mass is 10.0. The van der Waals surface area contributed by atoms with Gasteiger partial charge in [0.15, 0.2) is 5.78 Å². The third kappa shape index (κ3) is 2.93. The van der Waals surface area contributed by atoms with Gasteiger partial charge in [0.25, 0.3) is 0 Å². The fourth-order valence-electron chi connectivity index (χ4n) is 1.31. The summed E-state index contributed by atoms with van der Waals surface area (Å²) < 4.78 is 0. The number of ketones is 1. The Bertz CT molecular complexity index is 394. The summed E-state index contributed by atoms with van der Waals surface area (Å²) >= 11 is 6.06. The van der Waals surface area contributed by atoms with E-state index in [1.54, 1.807) is 6.07 Å². The number of benzene rings is 1. The first kappa shape index (κ1) is 12.0. The number of hydrogen-bond acceptors (Lipinski definition) is 1. The number of halogens is 1. The molecule has 0 radical (unpaired) electrons. The smallest absolute Gasteiger partial charge is 0.168 e. The van der Waals surface area contributed by atoms with Crippen LogP contribution in [0.2, 0.25) is 5.02 Å². The molecule has 0 saturated heterocycles. The Kier molecular flexibility index (Phi) is 4.10. The Hall–Kier alpha value is -1.08. The third-order valence-electron chi connectivity index (χ3n) is 2.40. The number of allylic oxidation sites excluding steroid dienone is 1. The van der Waals surface area contributed by atoms with Crippen molar-refractivity contribution in [1.29, 1.82) is 0 Å². The lowest BCUT2D eigenvalue weighted by Gasteiger charge is -2.06. The minimum atomic E-state index is 0.0514. The van der Waals surface area contributed by atoms with Crippen molar-refractivity contribution in [3.05, 3.63) is 46.5 Å². The molecule has 0 spiro atoms. The van der Waals surface area contributed by atoms with E-state index >= 15 is 0 Å². The van der Waals surface area contributed by atoms with Crippen LogP contribution in [0.4, 0.5) is 0 Å². The van der Waals surface area contributed by atoms with Crippen LogP contribution in [0.3, 0.4) is 0 Å². The number of carbonyl (C=O) groups is 1. The van der Waals surface area contributed by atoms with Crippen molar-refractivity contribution in [3.8, 4) is 0 Å². The molecule has 0 unspecified atom stereocenters. The largest absolute Gasteiger partial charge is 0.294 e. The fourth-order valence-corrected chi connectivity index (χ4v) is 1.54. The molecule has 15 heavy (non-hydrogen) atoms. The highest BCUT2D eigenvalue weighted by Crippen LogP contribution is 2.22. The zero-order valence-corrected chi connectivity index (χ0v) is 9.90. The molecule has 0 aromatic heterocycles. The summed E-state index contributed by atoms with van der Waals surface area (Å²) in [5.74, 6) is 0.0514. The Morgan fingerprint density at radius 3 is 2.73 bits per heavy atom. The van der Waals surface area contributed by atoms with E-state index in [0.717, 1.165) is 17.6 Å². The molecule has 0 N–H and O–H groups in total. The first-order chi connectivity index (χ1) is 7.06. The second-order valence-corrected chi connectivity index (χ2v) is 4.02. The molecule has 0 saturated carbocycles. The molecule has 0 fully saturated rings. The number of carbonyl (C=O) groups excluding carboxylic acids is 1. The monoisotopic (exact) mass is 222 g/mol. The van der Waals surface area contributed by atoms with Gasteiger partial charge in [0.05, 0.1) is 5.02 Å². The number of hydrogen-bond donors (Lipinski definition) is 0. The molecule has 0 amide bonds. The third-order valence-corrected chi connectivity index (χ3v) is 2.90. The van der Waals surface area contributed by atoms with E-state index < -0.39 is 0 Å². The molecule has 80 valence electrons. The average molecular weight is 223 g/mol. The minimum Gasteiger partial charge on any atom is -0.294 e. The summed E-state index contributed by atoms with van der Waals surface area (Å²) in [7, 11) is 0. The maximum absolute atomic E-state index is 11.8. The molecule has 0 aliphatic rings. The van der Waals surface area contributed by atoms with Crippen molar-refractivity contribution in [1.82, 2.24) is 0 Å². The summed E-state index contributed by atoms with van der Waals surface area (Å²) in [6.45, 7) is 7.72. The van der Waals surface area contributed by atoms with Gasteiger partial charge in [-0.25, -0.2) is 0 Å². The minimum absolute atomic E-state index is 0.0514. The first-order valence-electron chi connectivity index (χ1n) is 5.01. The molecule has 1 aromatic rings. The lowest BCUT2D eigenvalue weighted by molar-refractivity contribution is 0.0992. The van der Waals surface area contributed by atoms with Crippen molar-refractivity contribution >= 4 is 17.4 Å². The summed E-state index contributed by atoms with van der Waals surface area (Å²) in [4.78, 5) is 11.8. The van der Waals surface area contributed by atoms with Crippen LogP contribution in [0.15, 0.2) is 30.4 Å². The van der Waals surface area contributed by atoms with Crippen LogP contribution in [0, 0.1) is 6.92 Å². The topological polar surface area (TPSA) is 17.1 Å². The Labute approximate surface area is 95.8 Å². The molecule has 1 rings (SSSR count). The zero-order chi connectivity index (χ0) is 11.4. The van der Waals surface area contributed by atoms with Crippen molar-refractivity contribution in [3.63, 3.8) is 0 Å². The highest BCUT2D eigenvalue weighted by atomic mass is 35.5. The quantitative estimate of drug-likeness (QED) is 0.552. The second-order valence-electron chi connectivity index (χ2n) is 3.64. The van der Waals surface area contributed by atoms with Gasteiger partial charge in [-0.05, 0) is 25.0 Å². The molecule has 0 atom stereocenters. The van der Waals surface area contributed by atoms with Gasteiger partial charge in [0.1, 0.15) is 0 Å². The lowest BCUT2D eigenvalue weighted by Crippen LogP contribution is -2.01. The van der Waals surface area contributed by atoms with E-state index in [2.05, 4.69) is 6.58 Å². The van der Waals surface area contributed by atoms with Gasteiger partial charge in [-0.2, -0.15) is 0 Å². The Balaban J connectivity index is 2.92.